The number of carbonyl (C=O) groups is 1. The zero-order chi connectivity index (χ0) is 21.2. The maximum atomic E-state index is 12.9. The Morgan fingerprint density at radius 3 is 2.38 bits per heavy atom. The van der Waals surface area contributed by atoms with E-state index in [9.17, 15) is 18.0 Å². The molecule has 0 unspecified atom stereocenters. The summed E-state index contributed by atoms with van der Waals surface area (Å²) < 4.78 is 54.4. The second-order valence-corrected chi connectivity index (χ2v) is 6.29. The number of carbonyl (C=O) groups excluding carboxylic acids is 1. The molecule has 0 fully saturated rings. The second-order valence-electron chi connectivity index (χ2n) is 5.88. The first-order valence-electron chi connectivity index (χ1n) is 8.23. The van der Waals surface area contributed by atoms with E-state index in [0.29, 0.717) is 11.5 Å². The normalized spacial score (nSPS) is 11.2. The number of benzene rings is 2. The molecule has 29 heavy (non-hydrogen) atoms. The number of methoxy groups -OCH3 is 2. The average Bonchev–Trinajstić information content (AvgIpc) is 3.19. The molecule has 9 heteroatoms. The second kappa shape index (κ2) is 8.08. The summed E-state index contributed by atoms with van der Waals surface area (Å²) >= 11 is 6.14. The number of halogens is 4. The van der Waals surface area contributed by atoms with Gasteiger partial charge in [0.1, 0.15) is 5.76 Å². The van der Waals surface area contributed by atoms with Gasteiger partial charge < -0.3 is 19.2 Å². The van der Waals surface area contributed by atoms with E-state index in [-0.39, 0.29) is 27.8 Å². The molecule has 0 aliphatic carbocycles. The van der Waals surface area contributed by atoms with Crippen LogP contribution in [0.25, 0.3) is 11.3 Å². The highest BCUT2D eigenvalue weighted by atomic mass is 35.5. The molecule has 0 saturated carbocycles. The van der Waals surface area contributed by atoms with Crippen molar-refractivity contribution < 1.29 is 31.9 Å². The number of alkyl halides is 3. The van der Waals surface area contributed by atoms with Gasteiger partial charge in [0, 0.05) is 17.7 Å². The van der Waals surface area contributed by atoms with Gasteiger partial charge in [0.25, 0.3) is 5.91 Å². The van der Waals surface area contributed by atoms with E-state index in [1.807, 2.05) is 0 Å². The standard InChI is InChI=1S/C20H15ClF3NO4/c1-27-17-9-13(21)14(10-18(17)28-2)25-19(26)16-7-6-15(29-16)11-4-3-5-12(8-11)20(22,23)24/h3-10H,1-2H3,(H,25,26). The van der Waals surface area contributed by atoms with E-state index in [1.165, 1.54) is 50.6 Å². The molecule has 0 aliphatic heterocycles. The third-order valence-corrected chi connectivity index (χ3v) is 4.34. The maximum Gasteiger partial charge on any atom is 0.416 e. The minimum absolute atomic E-state index is 0.0942. The maximum absolute atomic E-state index is 12.9. The summed E-state index contributed by atoms with van der Waals surface area (Å²) in [6.07, 6.45) is -4.48. The first kappa shape index (κ1) is 20.6. The molecule has 1 aromatic heterocycles. The van der Waals surface area contributed by atoms with Gasteiger partial charge in [-0.15, -0.1) is 0 Å². The molecule has 0 aliphatic rings. The predicted molar refractivity (Wildman–Crippen MR) is 102 cm³/mol. The van der Waals surface area contributed by atoms with Gasteiger partial charge in [-0.1, -0.05) is 23.7 Å². The van der Waals surface area contributed by atoms with Gasteiger partial charge in [-0.25, -0.2) is 0 Å². The molecule has 1 N–H and O–H groups in total. The fourth-order valence-electron chi connectivity index (χ4n) is 2.60. The van der Waals surface area contributed by atoms with Gasteiger partial charge >= 0.3 is 6.18 Å². The number of anilines is 1. The van der Waals surface area contributed by atoms with Crippen LogP contribution in [0.3, 0.4) is 0 Å². The van der Waals surface area contributed by atoms with Crippen LogP contribution in [-0.4, -0.2) is 20.1 Å². The molecule has 0 radical (unpaired) electrons. The van der Waals surface area contributed by atoms with Gasteiger partial charge in [-0.2, -0.15) is 13.2 Å². The summed E-state index contributed by atoms with van der Waals surface area (Å²) in [6, 6.07) is 10.4. The molecule has 0 atom stereocenters. The number of hydrogen-bond donors (Lipinski definition) is 1. The largest absolute Gasteiger partial charge is 0.493 e. The SMILES string of the molecule is COc1cc(Cl)c(NC(=O)c2ccc(-c3cccc(C(F)(F)F)c3)o2)cc1OC. The third-order valence-electron chi connectivity index (χ3n) is 4.03. The molecule has 0 saturated heterocycles. The number of furan rings is 1. The topological polar surface area (TPSA) is 60.7 Å². The van der Waals surface area contributed by atoms with Gasteiger partial charge in [0.2, 0.25) is 0 Å². The molecule has 1 heterocycles. The monoisotopic (exact) mass is 425 g/mol. The average molecular weight is 426 g/mol. The fraction of sp³-hybridized carbons (Fsp3) is 0.150. The Hall–Kier alpha value is -3.13. The van der Waals surface area contributed by atoms with Crippen molar-refractivity contribution in [2.24, 2.45) is 0 Å². The van der Waals surface area contributed by atoms with Crippen LogP contribution < -0.4 is 14.8 Å². The van der Waals surface area contributed by atoms with Crippen LogP contribution in [0.1, 0.15) is 16.1 Å². The smallest absolute Gasteiger partial charge is 0.416 e. The Balaban J connectivity index is 1.84. The molecule has 3 aromatic rings. The molecule has 0 spiro atoms. The lowest BCUT2D eigenvalue weighted by atomic mass is 10.1. The Labute approximate surface area is 169 Å². The van der Waals surface area contributed by atoms with Crippen LogP contribution in [0.4, 0.5) is 18.9 Å². The number of amides is 1. The number of hydrogen-bond acceptors (Lipinski definition) is 4. The highest BCUT2D eigenvalue weighted by Gasteiger charge is 2.30. The van der Waals surface area contributed by atoms with Crippen LogP contribution in [0.5, 0.6) is 11.5 Å². The van der Waals surface area contributed by atoms with Crippen LogP contribution in [0.15, 0.2) is 52.9 Å². The van der Waals surface area contributed by atoms with Crippen LogP contribution in [-0.2, 0) is 6.18 Å². The Bertz CT molecular complexity index is 1050. The van der Waals surface area contributed by atoms with E-state index in [2.05, 4.69) is 5.32 Å². The molecule has 0 bridgehead atoms. The first-order chi connectivity index (χ1) is 13.7. The molecule has 152 valence electrons. The van der Waals surface area contributed by atoms with Crippen molar-refractivity contribution in [1.29, 1.82) is 0 Å². The number of ether oxygens (including phenoxy) is 2. The highest BCUT2D eigenvalue weighted by Crippen LogP contribution is 2.36. The van der Waals surface area contributed by atoms with Gasteiger partial charge in [-0.05, 0) is 24.3 Å². The molecular formula is C20H15ClF3NO4. The van der Waals surface area contributed by atoms with E-state index < -0.39 is 17.6 Å². The zero-order valence-electron chi connectivity index (χ0n) is 15.3. The van der Waals surface area contributed by atoms with Gasteiger partial charge in [-0.3, -0.25) is 4.79 Å². The van der Waals surface area contributed by atoms with E-state index in [1.54, 1.807) is 0 Å². The molecule has 5 nitrogen and oxygen atoms in total. The van der Waals surface area contributed by atoms with Crippen LogP contribution in [0, 0.1) is 0 Å². The lowest BCUT2D eigenvalue weighted by Crippen LogP contribution is -2.11. The van der Waals surface area contributed by atoms with Crippen molar-refractivity contribution in [2.45, 2.75) is 6.18 Å². The van der Waals surface area contributed by atoms with Crippen LogP contribution >= 0.6 is 11.6 Å². The summed E-state index contributed by atoms with van der Waals surface area (Å²) in [5, 5.41) is 2.78. The van der Waals surface area contributed by atoms with E-state index >= 15 is 0 Å². The fourth-order valence-corrected chi connectivity index (χ4v) is 2.80. The van der Waals surface area contributed by atoms with Crippen molar-refractivity contribution in [2.75, 3.05) is 19.5 Å². The summed E-state index contributed by atoms with van der Waals surface area (Å²) in [6.45, 7) is 0. The first-order valence-corrected chi connectivity index (χ1v) is 8.61. The van der Waals surface area contributed by atoms with E-state index in [0.717, 1.165) is 12.1 Å². The molecule has 2 aromatic carbocycles. The van der Waals surface area contributed by atoms with Crippen molar-refractivity contribution in [1.82, 2.24) is 0 Å². The van der Waals surface area contributed by atoms with Gasteiger partial charge in [0.05, 0.1) is 30.5 Å². The minimum atomic E-state index is -4.48. The Morgan fingerprint density at radius 1 is 1.03 bits per heavy atom. The summed E-state index contributed by atoms with van der Waals surface area (Å²) in [5.41, 5.74) is -0.358. The quantitative estimate of drug-likeness (QED) is 0.554. The van der Waals surface area contributed by atoms with Crippen molar-refractivity contribution in [3.8, 4) is 22.8 Å². The van der Waals surface area contributed by atoms with Crippen molar-refractivity contribution in [3.05, 3.63) is 64.9 Å². The van der Waals surface area contributed by atoms with Crippen LogP contribution in [0.2, 0.25) is 5.02 Å². The minimum Gasteiger partial charge on any atom is -0.493 e. The van der Waals surface area contributed by atoms with E-state index in [4.69, 9.17) is 25.5 Å². The molecule has 3 rings (SSSR count). The highest BCUT2D eigenvalue weighted by molar-refractivity contribution is 6.34. The Kier molecular flexibility index (Phi) is 5.74. The summed E-state index contributed by atoms with van der Waals surface area (Å²) in [5.74, 6) is 0.150. The van der Waals surface area contributed by atoms with Gasteiger partial charge in [0.15, 0.2) is 17.3 Å². The van der Waals surface area contributed by atoms with Crippen molar-refractivity contribution in [3.63, 3.8) is 0 Å². The Morgan fingerprint density at radius 2 is 1.72 bits per heavy atom. The molecule has 1 amide bonds. The summed E-state index contributed by atoms with van der Waals surface area (Å²) in [4.78, 5) is 12.5. The predicted octanol–water partition coefficient (Wildman–Crippen LogP) is 5.89. The lowest BCUT2D eigenvalue weighted by Gasteiger charge is -2.12. The van der Waals surface area contributed by atoms with Crippen molar-refractivity contribution >= 4 is 23.2 Å². The number of nitrogens with one attached hydrogen (secondary N) is 1. The zero-order valence-corrected chi connectivity index (χ0v) is 16.0. The summed E-state index contributed by atoms with van der Waals surface area (Å²) in [7, 11) is 2.88. The molecular weight excluding hydrogens is 411 g/mol. The lowest BCUT2D eigenvalue weighted by molar-refractivity contribution is -0.137. The number of rotatable bonds is 5. The third kappa shape index (κ3) is 4.48.